The van der Waals surface area contributed by atoms with Crippen LogP contribution in [0.15, 0.2) is 24.3 Å². The molecule has 0 saturated carbocycles. The molecule has 0 radical (unpaired) electrons. The number of carbonyl (C=O) groups excluding carboxylic acids is 1. The van der Waals surface area contributed by atoms with E-state index in [4.69, 9.17) is 4.74 Å². The van der Waals surface area contributed by atoms with Gasteiger partial charge in [0.05, 0.1) is 12.5 Å². The predicted octanol–water partition coefficient (Wildman–Crippen LogP) is 2.89. The number of nitrogens with zero attached hydrogens (tertiary/aromatic N) is 2. The molecule has 5 heteroatoms. The van der Waals surface area contributed by atoms with E-state index in [2.05, 4.69) is 18.7 Å². The van der Waals surface area contributed by atoms with Crippen molar-refractivity contribution in [2.75, 3.05) is 40.3 Å². The summed E-state index contributed by atoms with van der Waals surface area (Å²) in [7, 11) is 3.62. The van der Waals surface area contributed by atoms with Crippen molar-refractivity contribution in [3.63, 3.8) is 0 Å². The largest absolute Gasteiger partial charge is 0.493 e. The number of likely N-dealkylation sites (tertiary alicyclic amines) is 1. The number of hydrogen-bond donors (Lipinski definition) is 0. The second-order valence-corrected chi connectivity index (χ2v) is 7.41. The van der Waals surface area contributed by atoms with E-state index >= 15 is 0 Å². The molecule has 0 aromatic heterocycles. The first-order chi connectivity index (χ1) is 11.3. The lowest BCUT2D eigenvalue weighted by atomic mass is 9.88. The van der Waals surface area contributed by atoms with Crippen molar-refractivity contribution in [1.82, 2.24) is 9.80 Å². The first-order valence-corrected chi connectivity index (χ1v) is 8.67. The summed E-state index contributed by atoms with van der Waals surface area (Å²) in [6, 6.07) is 6.22. The summed E-state index contributed by atoms with van der Waals surface area (Å²) < 4.78 is 19.0. The molecule has 1 amide bonds. The Balaban J connectivity index is 1.99. The van der Waals surface area contributed by atoms with Crippen LogP contribution in [0.4, 0.5) is 4.39 Å². The fourth-order valence-corrected chi connectivity index (χ4v) is 3.40. The molecule has 2 rings (SSSR count). The zero-order chi connectivity index (χ0) is 17.7. The van der Waals surface area contributed by atoms with Gasteiger partial charge in [0.2, 0.25) is 5.91 Å². The van der Waals surface area contributed by atoms with Crippen LogP contribution < -0.4 is 4.74 Å². The maximum atomic E-state index is 13.3. The number of piperidine rings is 1. The minimum Gasteiger partial charge on any atom is -0.493 e. The Morgan fingerprint density at radius 2 is 2.12 bits per heavy atom. The predicted molar refractivity (Wildman–Crippen MR) is 93.5 cm³/mol. The highest BCUT2D eigenvalue weighted by Gasteiger charge is 2.32. The highest BCUT2D eigenvalue weighted by molar-refractivity contribution is 5.78. The van der Waals surface area contributed by atoms with Crippen molar-refractivity contribution >= 4 is 5.91 Å². The van der Waals surface area contributed by atoms with Crippen LogP contribution in [0.25, 0.3) is 0 Å². The molecule has 1 aliphatic rings. The summed E-state index contributed by atoms with van der Waals surface area (Å²) in [6.07, 6.45) is 0.820. The molecule has 134 valence electrons. The normalized spacial score (nSPS) is 21.8. The molecule has 2 atom stereocenters. The molecule has 24 heavy (non-hydrogen) atoms. The lowest BCUT2D eigenvalue weighted by Gasteiger charge is -2.38. The standard InChI is InChI=1S/C19H29FN2O2/c1-14(2)10-22-11-15(8-16(12-22)19(23)21(3)4)13-24-18-7-5-6-17(20)9-18/h5-7,9,14-16H,8,10-13H2,1-4H3/t15-,16+/m0/s1. The van der Waals surface area contributed by atoms with Crippen molar-refractivity contribution in [1.29, 1.82) is 0 Å². The maximum absolute atomic E-state index is 13.3. The Morgan fingerprint density at radius 1 is 1.38 bits per heavy atom. The summed E-state index contributed by atoms with van der Waals surface area (Å²) in [5, 5.41) is 0. The monoisotopic (exact) mass is 336 g/mol. The van der Waals surface area contributed by atoms with Crippen molar-refractivity contribution in [3.05, 3.63) is 30.1 Å². The lowest BCUT2D eigenvalue weighted by molar-refractivity contribution is -0.135. The average Bonchev–Trinajstić information content (AvgIpc) is 2.51. The van der Waals surface area contributed by atoms with E-state index in [1.54, 1.807) is 17.0 Å². The number of rotatable bonds is 6. The molecular formula is C19H29FN2O2. The van der Waals surface area contributed by atoms with Crippen LogP contribution in [0, 0.1) is 23.6 Å². The van der Waals surface area contributed by atoms with Crippen LogP contribution >= 0.6 is 0 Å². The summed E-state index contributed by atoms with van der Waals surface area (Å²) in [5.74, 6) is 1.27. The van der Waals surface area contributed by atoms with E-state index in [-0.39, 0.29) is 23.6 Å². The summed E-state index contributed by atoms with van der Waals surface area (Å²) in [5.41, 5.74) is 0. The molecule has 4 nitrogen and oxygen atoms in total. The number of ether oxygens (including phenoxy) is 1. The van der Waals surface area contributed by atoms with E-state index in [1.807, 2.05) is 14.1 Å². The van der Waals surface area contributed by atoms with E-state index in [0.29, 0.717) is 18.3 Å². The number of halogens is 1. The fraction of sp³-hybridized carbons (Fsp3) is 0.632. The van der Waals surface area contributed by atoms with Crippen molar-refractivity contribution < 1.29 is 13.9 Å². The van der Waals surface area contributed by atoms with Crippen molar-refractivity contribution in [3.8, 4) is 5.75 Å². The molecular weight excluding hydrogens is 307 g/mol. The molecule has 0 N–H and O–H groups in total. The zero-order valence-corrected chi connectivity index (χ0v) is 15.2. The fourth-order valence-electron chi connectivity index (χ4n) is 3.40. The van der Waals surface area contributed by atoms with Gasteiger partial charge in [-0.05, 0) is 24.5 Å². The van der Waals surface area contributed by atoms with Gasteiger partial charge < -0.3 is 14.5 Å². The summed E-state index contributed by atoms with van der Waals surface area (Å²) >= 11 is 0. The third kappa shape index (κ3) is 5.48. The first kappa shape index (κ1) is 18.7. The quantitative estimate of drug-likeness (QED) is 0.801. The van der Waals surface area contributed by atoms with Gasteiger partial charge in [0.1, 0.15) is 11.6 Å². The number of benzene rings is 1. The molecule has 0 unspecified atom stereocenters. The van der Waals surface area contributed by atoms with Gasteiger partial charge >= 0.3 is 0 Å². The SMILES string of the molecule is CC(C)CN1C[C@@H](COc2cccc(F)c2)C[C@@H](C(=O)N(C)C)C1. The number of amides is 1. The minimum atomic E-state index is -0.293. The van der Waals surface area contributed by atoms with Gasteiger partial charge in [0.15, 0.2) is 0 Å². The van der Waals surface area contributed by atoms with Gasteiger partial charge in [-0.15, -0.1) is 0 Å². The number of hydrogen-bond acceptors (Lipinski definition) is 3. The summed E-state index contributed by atoms with van der Waals surface area (Å²) in [4.78, 5) is 16.4. The van der Waals surface area contributed by atoms with E-state index in [9.17, 15) is 9.18 Å². The Kier molecular flexibility index (Phi) is 6.60. The van der Waals surface area contributed by atoms with E-state index < -0.39 is 0 Å². The average molecular weight is 336 g/mol. The Hall–Kier alpha value is -1.62. The van der Waals surface area contributed by atoms with Gasteiger partial charge in [-0.3, -0.25) is 4.79 Å². The molecule has 0 spiro atoms. The highest BCUT2D eigenvalue weighted by Crippen LogP contribution is 2.25. The smallest absolute Gasteiger partial charge is 0.226 e. The lowest BCUT2D eigenvalue weighted by Crippen LogP contribution is -2.48. The highest BCUT2D eigenvalue weighted by atomic mass is 19.1. The third-order valence-corrected chi connectivity index (χ3v) is 4.31. The zero-order valence-electron chi connectivity index (χ0n) is 15.2. The van der Waals surface area contributed by atoms with Crippen LogP contribution in [0.2, 0.25) is 0 Å². The Morgan fingerprint density at radius 3 is 2.75 bits per heavy atom. The minimum absolute atomic E-state index is 0.00797. The van der Waals surface area contributed by atoms with Gasteiger partial charge in [-0.25, -0.2) is 4.39 Å². The molecule has 1 heterocycles. The molecule has 1 aromatic carbocycles. The van der Waals surface area contributed by atoms with Crippen LogP contribution in [-0.4, -0.2) is 56.0 Å². The van der Waals surface area contributed by atoms with Gasteiger partial charge in [-0.1, -0.05) is 19.9 Å². The van der Waals surface area contributed by atoms with E-state index in [1.165, 1.54) is 12.1 Å². The van der Waals surface area contributed by atoms with E-state index in [0.717, 1.165) is 26.1 Å². The van der Waals surface area contributed by atoms with Crippen molar-refractivity contribution in [2.45, 2.75) is 20.3 Å². The molecule has 1 fully saturated rings. The molecule has 1 aromatic rings. The molecule has 0 aliphatic carbocycles. The second kappa shape index (κ2) is 8.47. The van der Waals surface area contributed by atoms with Crippen LogP contribution in [0.3, 0.4) is 0 Å². The summed E-state index contributed by atoms with van der Waals surface area (Å²) in [6.45, 7) is 7.60. The molecule has 1 aliphatic heterocycles. The van der Waals surface area contributed by atoms with Gasteiger partial charge in [-0.2, -0.15) is 0 Å². The number of carbonyl (C=O) groups is 1. The van der Waals surface area contributed by atoms with Crippen LogP contribution in [0.5, 0.6) is 5.75 Å². The van der Waals surface area contributed by atoms with Gasteiger partial charge in [0, 0.05) is 45.7 Å². The third-order valence-electron chi connectivity index (χ3n) is 4.31. The maximum Gasteiger partial charge on any atom is 0.226 e. The molecule has 0 bridgehead atoms. The Labute approximate surface area is 144 Å². The van der Waals surface area contributed by atoms with Crippen LogP contribution in [0.1, 0.15) is 20.3 Å². The van der Waals surface area contributed by atoms with Crippen molar-refractivity contribution in [2.24, 2.45) is 17.8 Å². The van der Waals surface area contributed by atoms with Gasteiger partial charge in [0.25, 0.3) is 0 Å². The Bertz CT molecular complexity index is 548. The first-order valence-electron chi connectivity index (χ1n) is 8.67. The van der Waals surface area contributed by atoms with Crippen LogP contribution in [-0.2, 0) is 4.79 Å². The topological polar surface area (TPSA) is 32.8 Å². The molecule has 1 saturated heterocycles. The second-order valence-electron chi connectivity index (χ2n) is 7.41.